The maximum atomic E-state index is 14.0. The first-order chi connectivity index (χ1) is 14.2. The third-order valence-electron chi connectivity index (χ3n) is 5.50. The van der Waals surface area contributed by atoms with Crippen LogP contribution in [0.15, 0.2) is 17.1 Å². The number of ether oxygens (including phenoxy) is 1. The molecule has 2 aromatic rings. The standard InChI is InChI=1S/C20H26FN5O3S/c1-3-13-9-14-5-7-29-16(14)10-15(13)11-17-24-18-12(2)23-20(21)25-19(18)26(17)6-4-8-30(22,27)28/h9-10,20,25H,3-8,11H2,1-2H3,(H2,22,27,28). The number of aryl methyl sites for hydroxylation is 1. The first-order valence-electron chi connectivity index (χ1n) is 10.1. The fraction of sp³-hybridized carbons (Fsp3) is 0.500. The van der Waals surface area contributed by atoms with Crippen molar-refractivity contribution < 1.29 is 17.5 Å². The van der Waals surface area contributed by atoms with Crippen molar-refractivity contribution >= 4 is 21.6 Å². The second-order valence-corrected chi connectivity index (χ2v) is 9.38. The monoisotopic (exact) mass is 435 g/mol. The van der Waals surface area contributed by atoms with Crippen LogP contribution in [0.1, 0.15) is 48.5 Å². The van der Waals surface area contributed by atoms with Gasteiger partial charge in [0.2, 0.25) is 10.0 Å². The predicted molar refractivity (Wildman–Crippen MR) is 113 cm³/mol. The summed E-state index contributed by atoms with van der Waals surface area (Å²) in [7, 11) is -3.58. The first-order valence-corrected chi connectivity index (χ1v) is 11.8. The maximum absolute atomic E-state index is 14.0. The van der Waals surface area contributed by atoms with E-state index in [1.165, 1.54) is 11.1 Å². The number of halogens is 1. The van der Waals surface area contributed by atoms with Crippen LogP contribution in [0, 0.1) is 0 Å². The van der Waals surface area contributed by atoms with E-state index in [0.717, 1.165) is 30.0 Å². The molecule has 0 fully saturated rings. The number of sulfonamides is 1. The highest BCUT2D eigenvalue weighted by Gasteiger charge is 2.26. The number of aromatic nitrogens is 2. The Morgan fingerprint density at radius 1 is 1.37 bits per heavy atom. The lowest BCUT2D eigenvalue weighted by Gasteiger charge is -2.19. The topological polar surface area (TPSA) is 112 Å². The van der Waals surface area contributed by atoms with E-state index in [-0.39, 0.29) is 5.75 Å². The van der Waals surface area contributed by atoms with Gasteiger partial charge in [-0.05, 0) is 42.5 Å². The first kappa shape index (κ1) is 20.8. The number of benzene rings is 1. The highest BCUT2D eigenvalue weighted by Crippen LogP contribution is 2.32. The molecule has 162 valence electrons. The van der Waals surface area contributed by atoms with Gasteiger partial charge in [0, 0.05) is 19.4 Å². The molecule has 1 atom stereocenters. The number of aliphatic imine (C=N–C) groups is 1. The number of hydrogen-bond donors (Lipinski definition) is 2. The zero-order valence-electron chi connectivity index (χ0n) is 17.1. The molecule has 1 aromatic heterocycles. The molecular formula is C20H26FN5O3S. The van der Waals surface area contributed by atoms with Crippen molar-refractivity contribution in [2.75, 3.05) is 17.7 Å². The lowest BCUT2D eigenvalue weighted by atomic mass is 9.98. The molecule has 0 saturated heterocycles. The molecule has 10 heteroatoms. The van der Waals surface area contributed by atoms with Gasteiger partial charge in [-0.2, -0.15) is 4.39 Å². The van der Waals surface area contributed by atoms with Gasteiger partial charge in [-0.15, -0.1) is 0 Å². The molecule has 30 heavy (non-hydrogen) atoms. The smallest absolute Gasteiger partial charge is 0.265 e. The molecule has 2 aliphatic heterocycles. The Labute approximate surface area is 175 Å². The predicted octanol–water partition coefficient (Wildman–Crippen LogP) is 2.14. The minimum Gasteiger partial charge on any atom is -0.493 e. The number of nitrogens with zero attached hydrogens (tertiary/aromatic N) is 3. The van der Waals surface area contributed by atoms with E-state index in [9.17, 15) is 12.8 Å². The van der Waals surface area contributed by atoms with E-state index in [4.69, 9.17) is 14.9 Å². The zero-order valence-corrected chi connectivity index (χ0v) is 17.9. The molecule has 0 radical (unpaired) electrons. The van der Waals surface area contributed by atoms with Crippen molar-refractivity contribution in [1.82, 2.24) is 9.55 Å². The van der Waals surface area contributed by atoms with Gasteiger partial charge in [0.1, 0.15) is 23.1 Å². The molecule has 0 amide bonds. The maximum Gasteiger partial charge on any atom is 0.265 e. The minimum atomic E-state index is -3.58. The Morgan fingerprint density at radius 3 is 2.90 bits per heavy atom. The van der Waals surface area contributed by atoms with Crippen LogP contribution in [-0.2, 0) is 35.8 Å². The number of nitrogens with two attached hydrogens (primary N) is 1. The molecule has 4 rings (SSSR count). The highest BCUT2D eigenvalue weighted by atomic mass is 32.2. The van der Waals surface area contributed by atoms with Gasteiger partial charge < -0.3 is 14.6 Å². The Balaban J connectivity index is 1.71. The Hall–Kier alpha value is -2.46. The van der Waals surface area contributed by atoms with Crippen LogP contribution >= 0.6 is 0 Å². The van der Waals surface area contributed by atoms with Gasteiger partial charge in [-0.25, -0.2) is 23.5 Å². The number of fused-ring (bicyclic) bond motifs is 2. The molecule has 3 N–H and O–H groups in total. The molecule has 0 bridgehead atoms. The lowest BCUT2D eigenvalue weighted by molar-refractivity contribution is 0.356. The van der Waals surface area contributed by atoms with Crippen LogP contribution in [0.4, 0.5) is 10.2 Å². The van der Waals surface area contributed by atoms with Gasteiger partial charge in [-0.3, -0.25) is 0 Å². The van der Waals surface area contributed by atoms with Crippen molar-refractivity contribution in [3.05, 3.63) is 40.3 Å². The van der Waals surface area contributed by atoms with Crippen molar-refractivity contribution in [2.24, 2.45) is 10.1 Å². The number of anilines is 1. The fourth-order valence-corrected chi connectivity index (χ4v) is 4.59. The average molecular weight is 436 g/mol. The van der Waals surface area contributed by atoms with Crippen LogP contribution in [0.2, 0.25) is 0 Å². The minimum absolute atomic E-state index is 0.154. The van der Waals surface area contributed by atoms with Crippen LogP contribution < -0.4 is 15.2 Å². The van der Waals surface area contributed by atoms with Gasteiger partial charge in [0.25, 0.3) is 6.42 Å². The number of hydrogen-bond acceptors (Lipinski definition) is 6. The SMILES string of the molecule is CCc1cc2c(cc1Cc1nc3c(n1CCCS(N)(=O)=O)NC(F)N=C3C)OCC2. The number of rotatable bonds is 7. The molecule has 0 spiro atoms. The van der Waals surface area contributed by atoms with Crippen molar-refractivity contribution in [2.45, 2.75) is 52.5 Å². The van der Waals surface area contributed by atoms with E-state index >= 15 is 0 Å². The van der Waals surface area contributed by atoms with E-state index in [1.807, 2.05) is 4.57 Å². The molecule has 1 unspecified atom stereocenters. The number of primary sulfonamides is 1. The molecule has 8 nitrogen and oxygen atoms in total. The summed E-state index contributed by atoms with van der Waals surface area (Å²) in [5.41, 5.74) is 4.63. The number of alkyl halides is 1. The Bertz CT molecular complexity index is 1110. The third-order valence-corrected chi connectivity index (χ3v) is 6.36. The van der Waals surface area contributed by atoms with E-state index < -0.39 is 16.4 Å². The van der Waals surface area contributed by atoms with Crippen LogP contribution in [0.3, 0.4) is 0 Å². The molecular weight excluding hydrogens is 409 g/mol. The Kier molecular flexibility index (Phi) is 5.54. The van der Waals surface area contributed by atoms with Gasteiger partial charge in [0.05, 0.1) is 18.1 Å². The lowest BCUT2D eigenvalue weighted by Crippen LogP contribution is -2.23. The molecule has 0 aliphatic carbocycles. The van der Waals surface area contributed by atoms with Gasteiger partial charge in [-0.1, -0.05) is 13.0 Å². The third kappa shape index (κ3) is 4.20. The molecule has 0 saturated carbocycles. The van der Waals surface area contributed by atoms with E-state index in [2.05, 4.69) is 29.4 Å². The van der Waals surface area contributed by atoms with Gasteiger partial charge >= 0.3 is 0 Å². The summed E-state index contributed by atoms with van der Waals surface area (Å²) in [5.74, 6) is 1.99. The van der Waals surface area contributed by atoms with Crippen molar-refractivity contribution in [1.29, 1.82) is 0 Å². The van der Waals surface area contributed by atoms with Crippen LogP contribution in [0.5, 0.6) is 5.75 Å². The summed E-state index contributed by atoms with van der Waals surface area (Å²) in [6.07, 6.45) is 1.06. The average Bonchev–Trinajstić information content (AvgIpc) is 3.25. The summed E-state index contributed by atoms with van der Waals surface area (Å²) >= 11 is 0. The van der Waals surface area contributed by atoms with Gasteiger partial charge in [0.15, 0.2) is 0 Å². The molecule has 1 aromatic carbocycles. The van der Waals surface area contributed by atoms with Crippen molar-refractivity contribution in [3.63, 3.8) is 0 Å². The van der Waals surface area contributed by atoms with Crippen LogP contribution in [0.25, 0.3) is 0 Å². The summed E-state index contributed by atoms with van der Waals surface area (Å²) in [6.45, 7) is 4.87. The zero-order chi connectivity index (χ0) is 21.5. The van der Waals surface area contributed by atoms with E-state index in [0.29, 0.717) is 43.2 Å². The second kappa shape index (κ2) is 7.99. The molecule has 2 aliphatic rings. The molecule has 3 heterocycles. The quantitative estimate of drug-likeness (QED) is 0.647. The normalized spacial score (nSPS) is 17.7. The second-order valence-electron chi connectivity index (χ2n) is 7.65. The number of imidazole rings is 1. The summed E-state index contributed by atoms with van der Waals surface area (Å²) < 4.78 is 44.3. The summed E-state index contributed by atoms with van der Waals surface area (Å²) in [6, 6.07) is 4.25. The van der Waals surface area contributed by atoms with Crippen molar-refractivity contribution in [3.8, 4) is 5.75 Å². The van der Waals surface area contributed by atoms with E-state index in [1.54, 1.807) is 6.92 Å². The summed E-state index contributed by atoms with van der Waals surface area (Å²) in [5, 5.41) is 7.87. The van der Waals surface area contributed by atoms with Crippen LogP contribution in [-0.4, -0.2) is 42.5 Å². The Morgan fingerprint density at radius 2 is 2.17 bits per heavy atom. The highest BCUT2D eigenvalue weighted by molar-refractivity contribution is 7.89. The summed E-state index contributed by atoms with van der Waals surface area (Å²) in [4.78, 5) is 8.64. The largest absolute Gasteiger partial charge is 0.493 e. The fourth-order valence-electron chi connectivity index (χ4n) is 4.06. The number of nitrogens with one attached hydrogen (secondary N) is 1.